The highest BCUT2D eigenvalue weighted by Crippen LogP contribution is 2.48. The summed E-state index contributed by atoms with van der Waals surface area (Å²) in [4.78, 5) is 17.1. The monoisotopic (exact) mass is 442 g/mol. The fraction of sp³-hybridized carbons (Fsp3) is 0.692. The summed E-state index contributed by atoms with van der Waals surface area (Å²) in [5.74, 6) is 0.507. The number of carbonyl (C=O) groups excluding carboxylic acids is 1. The molecule has 0 aromatic carbocycles. The number of hydrogen-bond acceptors (Lipinski definition) is 6. The van der Waals surface area contributed by atoms with E-state index in [2.05, 4.69) is 25.4 Å². The molecule has 1 amide bonds. The van der Waals surface area contributed by atoms with Crippen LogP contribution < -0.4 is 10.8 Å². The molecule has 2 rings (SSSR count). The zero-order valence-corrected chi connectivity index (χ0v) is 17.7. The van der Waals surface area contributed by atoms with E-state index < -0.39 is 13.6 Å². The highest BCUT2D eigenvalue weighted by molar-refractivity contribution is 7.54. The zero-order valence-electron chi connectivity index (χ0n) is 15.3. The highest BCUT2D eigenvalue weighted by Gasteiger charge is 2.33. The number of aromatic nitrogens is 2. The van der Waals surface area contributed by atoms with Gasteiger partial charge < -0.3 is 15.2 Å². The normalized spacial score (nSPS) is 20.3. The number of nitrogens with two attached hydrogens (primary N) is 1. The zero-order chi connectivity index (χ0) is 20.3. The minimum atomic E-state index is -2.84. The predicted octanol–water partition coefficient (Wildman–Crippen LogP) is 1.95. The third-order valence-corrected chi connectivity index (χ3v) is 5.78. The van der Waals surface area contributed by atoms with Crippen molar-refractivity contribution < 1.29 is 13.9 Å². The Labute approximate surface area is 168 Å². The van der Waals surface area contributed by atoms with E-state index in [1.54, 1.807) is 18.8 Å². The van der Waals surface area contributed by atoms with Crippen molar-refractivity contribution in [3.05, 3.63) is 12.0 Å². The van der Waals surface area contributed by atoms with Crippen LogP contribution >= 0.6 is 30.9 Å². The van der Waals surface area contributed by atoms with Gasteiger partial charge in [0.2, 0.25) is 0 Å². The van der Waals surface area contributed by atoms with E-state index in [9.17, 15) is 9.36 Å². The fourth-order valence-corrected chi connectivity index (χ4v) is 4.54. The number of rotatable bonds is 8. The Morgan fingerprint density at radius 2 is 2.26 bits per heavy atom. The lowest BCUT2D eigenvalue weighted by Gasteiger charge is -2.34. The van der Waals surface area contributed by atoms with Gasteiger partial charge in [0.15, 0.2) is 11.5 Å². The summed E-state index contributed by atoms with van der Waals surface area (Å²) in [6.45, 7) is 2.36. The largest absolute Gasteiger partial charge is 0.364 e. The molecule has 0 saturated carbocycles. The summed E-state index contributed by atoms with van der Waals surface area (Å²) in [6.07, 6.45) is 2.23. The first-order chi connectivity index (χ1) is 12.8. The second-order valence-corrected chi connectivity index (χ2v) is 8.38. The molecule has 1 aliphatic heterocycles. The minimum absolute atomic E-state index is 0.0885. The number of carbonyl (C=O) groups is 1. The molecule has 1 fully saturated rings. The van der Waals surface area contributed by atoms with Crippen LogP contribution in [0.3, 0.4) is 0 Å². The van der Waals surface area contributed by atoms with Crippen molar-refractivity contribution in [2.75, 3.05) is 52.1 Å². The quantitative estimate of drug-likeness (QED) is 0.241. The van der Waals surface area contributed by atoms with Gasteiger partial charge in [-0.05, 0) is 6.42 Å². The fourth-order valence-electron chi connectivity index (χ4n) is 2.00. The van der Waals surface area contributed by atoms with E-state index >= 15 is 0 Å². The van der Waals surface area contributed by atoms with Crippen LogP contribution in [0.5, 0.6) is 0 Å². The van der Waals surface area contributed by atoms with Gasteiger partial charge >= 0.3 is 7.67 Å². The number of nitrogens with zero attached hydrogens (tertiary/aromatic N) is 5. The molecule has 1 unspecified atom stereocenters. The Bertz CT molecular complexity index is 655. The molecular formula is C13H25Cl2N8O3P. The van der Waals surface area contributed by atoms with Crippen LogP contribution in [0, 0.1) is 0 Å². The molecule has 11 nitrogen and oxygen atoms in total. The summed E-state index contributed by atoms with van der Waals surface area (Å²) in [5.41, 5.74) is 5.12. The van der Waals surface area contributed by atoms with Gasteiger partial charge in [-0.2, -0.15) is 0 Å². The smallest absolute Gasteiger partial charge is 0.343 e. The summed E-state index contributed by atoms with van der Waals surface area (Å²) in [7, 11) is 0.582. The van der Waals surface area contributed by atoms with Gasteiger partial charge in [0.1, 0.15) is 0 Å². The van der Waals surface area contributed by atoms with Gasteiger partial charge in [0.25, 0.3) is 5.91 Å². The molecule has 0 spiro atoms. The van der Waals surface area contributed by atoms with Crippen LogP contribution in [0.25, 0.3) is 0 Å². The first kappa shape index (κ1) is 23.8. The van der Waals surface area contributed by atoms with Crippen LogP contribution in [0.15, 0.2) is 16.7 Å². The number of halogens is 2. The number of primary amides is 1. The average molecular weight is 443 g/mol. The van der Waals surface area contributed by atoms with Crippen LogP contribution in [-0.4, -0.2) is 77.7 Å². The van der Waals surface area contributed by atoms with Crippen molar-refractivity contribution in [1.82, 2.24) is 24.7 Å². The van der Waals surface area contributed by atoms with Gasteiger partial charge in [-0.1, -0.05) is 5.22 Å². The third-order valence-electron chi connectivity index (χ3n) is 3.12. The molecule has 1 saturated heterocycles. The Hall–Kier alpha value is -1.23. The van der Waals surface area contributed by atoms with Crippen molar-refractivity contribution >= 4 is 42.6 Å². The molecule has 0 radical (unpaired) electrons. The Morgan fingerprint density at radius 1 is 1.52 bits per heavy atom. The first-order valence-electron chi connectivity index (χ1n) is 8.13. The van der Waals surface area contributed by atoms with Crippen molar-refractivity contribution in [1.29, 1.82) is 0 Å². The van der Waals surface area contributed by atoms with Crippen LogP contribution in [0.1, 0.15) is 16.9 Å². The summed E-state index contributed by atoms with van der Waals surface area (Å²) >= 11 is 11.1. The Balaban J connectivity index is 0.000000271. The second kappa shape index (κ2) is 12.3. The molecule has 0 bridgehead atoms. The maximum absolute atomic E-state index is 12.2. The van der Waals surface area contributed by atoms with E-state index in [-0.39, 0.29) is 11.5 Å². The molecule has 154 valence electrons. The number of amides is 1. The summed E-state index contributed by atoms with van der Waals surface area (Å²) in [5, 5.41) is 11.8. The molecule has 1 atom stereocenters. The third kappa shape index (κ3) is 8.12. The lowest BCUT2D eigenvalue weighted by Crippen LogP contribution is -2.36. The van der Waals surface area contributed by atoms with Crippen LogP contribution in [0.4, 0.5) is 5.82 Å². The lowest BCUT2D eigenvalue weighted by atomic mass is 10.4. The molecule has 14 heteroatoms. The minimum Gasteiger partial charge on any atom is -0.364 e. The van der Waals surface area contributed by atoms with E-state index in [4.69, 9.17) is 33.5 Å². The van der Waals surface area contributed by atoms with E-state index in [1.165, 1.54) is 11.3 Å². The molecule has 27 heavy (non-hydrogen) atoms. The van der Waals surface area contributed by atoms with Gasteiger partial charge in [0, 0.05) is 45.5 Å². The number of imidazole rings is 1. The van der Waals surface area contributed by atoms with Crippen molar-refractivity contribution in [3.63, 3.8) is 0 Å². The van der Waals surface area contributed by atoms with Crippen LogP contribution in [-0.2, 0) is 9.09 Å². The molecule has 0 aliphatic carbocycles. The topological polar surface area (TPSA) is 141 Å². The van der Waals surface area contributed by atoms with Crippen molar-refractivity contribution in [2.24, 2.45) is 16.1 Å². The van der Waals surface area contributed by atoms with Gasteiger partial charge in [-0.3, -0.25) is 14.4 Å². The molecule has 2 heterocycles. The maximum Gasteiger partial charge on any atom is 0.343 e. The van der Waals surface area contributed by atoms with Crippen LogP contribution in [0.2, 0.25) is 0 Å². The molecule has 1 aromatic rings. The number of alkyl halides is 2. The number of aromatic amines is 1. The van der Waals surface area contributed by atoms with Gasteiger partial charge in [-0.15, -0.1) is 28.3 Å². The number of hydrogen-bond donors (Lipinski definition) is 3. The molecular weight excluding hydrogens is 418 g/mol. The van der Waals surface area contributed by atoms with E-state index in [0.717, 1.165) is 13.0 Å². The lowest BCUT2D eigenvalue weighted by molar-refractivity contribution is 0.0996. The molecule has 1 aliphatic rings. The van der Waals surface area contributed by atoms with E-state index in [0.29, 0.717) is 31.5 Å². The highest BCUT2D eigenvalue weighted by atomic mass is 35.5. The number of H-pyrrole nitrogens is 1. The van der Waals surface area contributed by atoms with E-state index in [1.807, 2.05) is 0 Å². The summed E-state index contributed by atoms with van der Waals surface area (Å²) in [6, 6.07) is 0. The standard InChI is InChI=1S/C7H15Cl2N2O2P.C6H10N6O/c8-2-4-10-14(12)11(6-3-9)5-1-7-13-14;1-12(2)11-10-6-4(5(7)13)8-3-9-6/h1-7H2,(H,10,12);3H,1-2H3,(H2,7,13)(H,8,9)/b;11-10+. The van der Waals surface area contributed by atoms with Gasteiger partial charge in [-0.25, -0.2) is 14.7 Å². The Morgan fingerprint density at radius 3 is 2.85 bits per heavy atom. The second-order valence-electron chi connectivity index (χ2n) is 5.45. The predicted molar refractivity (Wildman–Crippen MR) is 104 cm³/mol. The average Bonchev–Trinajstić information content (AvgIpc) is 3.10. The molecule has 4 N–H and O–H groups in total. The maximum atomic E-state index is 12.2. The number of nitrogens with one attached hydrogen (secondary N) is 2. The Kier molecular flexibility index (Phi) is 10.8. The first-order valence-corrected chi connectivity index (χ1v) is 10.8. The SMILES string of the molecule is CN(C)/N=N/c1[nH]cnc1C(N)=O.O=P1(NCCCl)OCCCN1CCCl. The van der Waals surface area contributed by atoms with Gasteiger partial charge in [0.05, 0.1) is 12.9 Å². The van der Waals surface area contributed by atoms with Crippen molar-refractivity contribution in [3.8, 4) is 0 Å². The van der Waals surface area contributed by atoms with Crippen molar-refractivity contribution in [2.45, 2.75) is 6.42 Å². The molecule has 1 aromatic heterocycles. The summed E-state index contributed by atoms with van der Waals surface area (Å²) < 4.78 is 19.2.